The molecule has 4 aromatic carbocycles. The molecule has 0 radical (unpaired) electrons. The van der Waals surface area contributed by atoms with Crippen molar-refractivity contribution in [3.8, 4) is 17.2 Å². The summed E-state index contributed by atoms with van der Waals surface area (Å²) in [6.45, 7) is 7.15. The first-order chi connectivity index (χ1) is 22.8. The smallest absolute Gasteiger partial charge is 0.406 e. The monoisotopic (exact) mass is 673 g/mol. The summed E-state index contributed by atoms with van der Waals surface area (Å²) < 4.78 is 42.8. The Bertz CT molecular complexity index is 1780. The Labute approximate surface area is 283 Å². The minimum atomic E-state index is -3.43. The van der Waals surface area contributed by atoms with Crippen molar-refractivity contribution in [1.82, 2.24) is 5.32 Å². The third kappa shape index (κ3) is 10.8. The Kier molecular flexibility index (Phi) is 12.1. The van der Waals surface area contributed by atoms with Gasteiger partial charge in [0.2, 0.25) is 10.0 Å². The zero-order chi connectivity index (χ0) is 34.7. The highest BCUT2D eigenvalue weighted by Crippen LogP contribution is 2.31. The van der Waals surface area contributed by atoms with E-state index in [0.29, 0.717) is 55.4 Å². The third-order valence-electron chi connectivity index (χ3n) is 7.71. The molecule has 4 aromatic rings. The second kappa shape index (κ2) is 16.2. The SMILES string of the molecule is COC(=O)NCCCC(C)(C)C(=O)Oc1ccc(Oc2ccc(CN(Cc3ccccc3)c3cccc(NS(C)(=O)=O)c3C)cc2)cc1. The summed E-state index contributed by atoms with van der Waals surface area (Å²) >= 11 is 0. The topological polar surface area (TPSA) is 123 Å². The molecular weight excluding hydrogens is 630 g/mol. The largest absolute Gasteiger partial charge is 0.457 e. The van der Waals surface area contributed by atoms with Gasteiger partial charge < -0.3 is 24.4 Å². The van der Waals surface area contributed by atoms with Crippen LogP contribution in [-0.2, 0) is 32.6 Å². The molecule has 0 aliphatic rings. The molecule has 0 spiro atoms. The van der Waals surface area contributed by atoms with E-state index in [9.17, 15) is 18.0 Å². The van der Waals surface area contributed by atoms with Crippen LogP contribution in [0.25, 0.3) is 0 Å². The summed E-state index contributed by atoms with van der Waals surface area (Å²) in [6.07, 6.45) is 1.78. The van der Waals surface area contributed by atoms with Crippen molar-refractivity contribution in [1.29, 1.82) is 0 Å². The van der Waals surface area contributed by atoms with Crippen molar-refractivity contribution in [2.24, 2.45) is 5.41 Å². The van der Waals surface area contributed by atoms with Crippen molar-refractivity contribution in [3.63, 3.8) is 0 Å². The lowest BCUT2D eigenvalue weighted by atomic mass is 9.88. The number of nitrogens with one attached hydrogen (secondary N) is 2. The first kappa shape index (κ1) is 35.8. The Balaban J connectivity index is 1.39. The number of rotatable bonds is 15. The first-order valence-electron chi connectivity index (χ1n) is 15.6. The zero-order valence-corrected chi connectivity index (χ0v) is 28.8. The highest BCUT2D eigenvalue weighted by Gasteiger charge is 2.29. The number of amides is 1. The van der Waals surface area contributed by atoms with Gasteiger partial charge in [-0.15, -0.1) is 0 Å². The zero-order valence-electron chi connectivity index (χ0n) is 28.0. The van der Waals surface area contributed by atoms with Crippen molar-refractivity contribution < 1.29 is 32.2 Å². The predicted octanol–water partition coefficient (Wildman–Crippen LogP) is 7.43. The van der Waals surface area contributed by atoms with E-state index < -0.39 is 21.5 Å². The number of hydrogen-bond donors (Lipinski definition) is 2. The average Bonchev–Trinajstić information content (AvgIpc) is 3.05. The number of methoxy groups -OCH3 is 1. The minimum Gasteiger partial charge on any atom is -0.457 e. The van der Waals surface area contributed by atoms with E-state index in [2.05, 4.69) is 31.8 Å². The second-order valence-corrected chi connectivity index (χ2v) is 13.9. The summed E-state index contributed by atoms with van der Waals surface area (Å²) in [5, 5.41) is 2.61. The summed E-state index contributed by atoms with van der Waals surface area (Å²) in [4.78, 5) is 26.2. The number of ether oxygens (including phenoxy) is 3. The van der Waals surface area contributed by atoms with Gasteiger partial charge in [0.15, 0.2) is 0 Å². The second-order valence-electron chi connectivity index (χ2n) is 12.2. The van der Waals surface area contributed by atoms with Crippen molar-refractivity contribution in [2.45, 2.75) is 46.7 Å². The van der Waals surface area contributed by atoms with Gasteiger partial charge in [-0.3, -0.25) is 9.52 Å². The van der Waals surface area contributed by atoms with Crippen molar-refractivity contribution in [3.05, 3.63) is 114 Å². The lowest BCUT2D eigenvalue weighted by molar-refractivity contribution is -0.144. The summed E-state index contributed by atoms with van der Waals surface area (Å²) in [5.74, 6) is 1.29. The van der Waals surface area contributed by atoms with Gasteiger partial charge in [-0.25, -0.2) is 13.2 Å². The molecule has 4 rings (SSSR count). The molecule has 0 aromatic heterocycles. The van der Waals surface area contributed by atoms with E-state index in [4.69, 9.17) is 9.47 Å². The fourth-order valence-corrected chi connectivity index (χ4v) is 5.66. The van der Waals surface area contributed by atoms with Crippen LogP contribution in [0, 0.1) is 12.3 Å². The highest BCUT2D eigenvalue weighted by atomic mass is 32.2. The molecule has 0 heterocycles. The molecule has 0 atom stereocenters. The van der Waals surface area contributed by atoms with Crippen LogP contribution < -0.4 is 24.4 Å². The minimum absolute atomic E-state index is 0.361. The van der Waals surface area contributed by atoms with E-state index in [1.165, 1.54) is 7.11 Å². The Morgan fingerprint density at radius 2 is 1.38 bits per heavy atom. The van der Waals surface area contributed by atoms with Crippen molar-refractivity contribution in [2.75, 3.05) is 29.5 Å². The molecule has 0 aliphatic carbocycles. The number of nitrogens with zero attached hydrogens (tertiary/aromatic N) is 1. The molecule has 0 unspecified atom stereocenters. The van der Waals surface area contributed by atoms with Crippen LogP contribution in [0.3, 0.4) is 0 Å². The molecule has 48 heavy (non-hydrogen) atoms. The van der Waals surface area contributed by atoms with Crippen LogP contribution in [0.1, 0.15) is 43.4 Å². The molecular formula is C37H43N3O7S. The number of benzene rings is 4. The summed E-state index contributed by atoms with van der Waals surface area (Å²) in [5.41, 5.74) is 3.75. The first-order valence-corrected chi connectivity index (χ1v) is 17.5. The maximum atomic E-state index is 12.8. The van der Waals surface area contributed by atoms with E-state index in [-0.39, 0.29) is 5.97 Å². The molecule has 0 saturated heterocycles. The van der Waals surface area contributed by atoms with Gasteiger partial charge in [0.25, 0.3) is 0 Å². The van der Waals surface area contributed by atoms with E-state index in [1.54, 1.807) is 30.3 Å². The molecule has 0 saturated carbocycles. The van der Waals surface area contributed by atoms with Crippen LogP contribution in [0.2, 0.25) is 0 Å². The number of alkyl carbamates (subject to hydrolysis) is 1. The summed E-state index contributed by atoms with van der Waals surface area (Å²) in [6, 6.07) is 30.4. The van der Waals surface area contributed by atoms with E-state index in [0.717, 1.165) is 28.6 Å². The van der Waals surface area contributed by atoms with Gasteiger partial charge in [0.1, 0.15) is 17.2 Å². The van der Waals surface area contributed by atoms with Gasteiger partial charge in [-0.1, -0.05) is 48.5 Å². The maximum Gasteiger partial charge on any atom is 0.406 e. The lowest BCUT2D eigenvalue weighted by Gasteiger charge is -2.28. The highest BCUT2D eigenvalue weighted by molar-refractivity contribution is 7.92. The molecule has 10 nitrogen and oxygen atoms in total. The fourth-order valence-electron chi connectivity index (χ4n) is 5.04. The molecule has 2 N–H and O–H groups in total. The van der Waals surface area contributed by atoms with Crippen LogP contribution in [0.4, 0.5) is 16.2 Å². The number of sulfonamides is 1. The summed E-state index contributed by atoms with van der Waals surface area (Å²) in [7, 11) is -2.12. The predicted molar refractivity (Wildman–Crippen MR) is 188 cm³/mol. The molecule has 1 amide bonds. The van der Waals surface area contributed by atoms with Gasteiger partial charge in [-0.2, -0.15) is 0 Å². The van der Waals surface area contributed by atoms with Crippen LogP contribution in [0.15, 0.2) is 97.1 Å². The Morgan fingerprint density at radius 3 is 1.98 bits per heavy atom. The molecule has 11 heteroatoms. The van der Waals surface area contributed by atoms with Crippen LogP contribution in [-0.4, -0.2) is 40.4 Å². The van der Waals surface area contributed by atoms with Gasteiger partial charge >= 0.3 is 12.1 Å². The number of carbonyl (C=O) groups excluding carboxylic acids is 2. The number of carbonyl (C=O) groups is 2. The lowest BCUT2D eigenvalue weighted by Crippen LogP contribution is -2.31. The molecule has 254 valence electrons. The molecule has 0 fully saturated rings. The number of hydrogen-bond acceptors (Lipinski definition) is 8. The normalized spacial score (nSPS) is 11.4. The van der Waals surface area contributed by atoms with Crippen LogP contribution >= 0.6 is 0 Å². The Morgan fingerprint density at radius 1 is 0.792 bits per heavy atom. The number of esters is 1. The quantitative estimate of drug-likeness (QED) is 0.0759. The third-order valence-corrected chi connectivity index (χ3v) is 8.30. The Hall–Kier alpha value is -5.03. The number of anilines is 2. The van der Waals surface area contributed by atoms with E-state index in [1.807, 2.05) is 75.4 Å². The van der Waals surface area contributed by atoms with Crippen molar-refractivity contribution >= 4 is 33.5 Å². The van der Waals surface area contributed by atoms with Gasteiger partial charge in [-0.05, 0) is 98.8 Å². The van der Waals surface area contributed by atoms with Gasteiger partial charge in [0.05, 0.1) is 24.5 Å². The molecule has 0 aliphatic heterocycles. The van der Waals surface area contributed by atoms with E-state index >= 15 is 0 Å². The van der Waals surface area contributed by atoms with Crippen LogP contribution in [0.5, 0.6) is 17.2 Å². The fraction of sp³-hybridized carbons (Fsp3) is 0.297. The maximum absolute atomic E-state index is 12.8. The molecule has 0 bridgehead atoms. The standard InChI is InChI=1S/C37H43N3O7S/c1-27-33(39-48(5,43)44)13-9-14-34(27)40(25-28-11-7-6-8-12-28)26-29-15-17-30(18-16-29)46-31-19-21-32(22-20-31)47-35(41)37(2,3)23-10-24-38-36(42)45-4/h6-9,11-22,39H,10,23-26H2,1-5H3,(H,38,42). The van der Waals surface area contributed by atoms with Gasteiger partial charge in [0, 0.05) is 25.3 Å². The average molecular weight is 674 g/mol.